The first-order chi connectivity index (χ1) is 13.6. The zero-order chi connectivity index (χ0) is 19.5. The molecule has 142 valence electrons. The number of nitrogens with one attached hydrogen (secondary N) is 2. The van der Waals surface area contributed by atoms with Crippen molar-refractivity contribution in [1.29, 1.82) is 0 Å². The van der Waals surface area contributed by atoms with Gasteiger partial charge in [0.25, 0.3) is 5.91 Å². The molecule has 0 spiro atoms. The molecule has 2 N–H and O–H groups in total. The molecule has 0 saturated carbocycles. The van der Waals surface area contributed by atoms with Gasteiger partial charge in [-0.2, -0.15) is 0 Å². The monoisotopic (exact) mass is 376 g/mol. The number of aromatic nitrogens is 2. The largest absolute Gasteiger partial charge is 0.454 e. The third-order valence-electron chi connectivity index (χ3n) is 4.52. The molecule has 2 aromatic carbocycles. The van der Waals surface area contributed by atoms with Crippen LogP contribution in [0.3, 0.4) is 0 Å². The summed E-state index contributed by atoms with van der Waals surface area (Å²) in [7, 11) is 0. The Morgan fingerprint density at radius 2 is 1.82 bits per heavy atom. The summed E-state index contributed by atoms with van der Waals surface area (Å²) < 4.78 is 10.7. The number of anilines is 2. The van der Waals surface area contributed by atoms with Crippen LogP contribution in [0.15, 0.2) is 48.8 Å². The number of rotatable bonds is 5. The number of carbonyl (C=O) groups is 1. The van der Waals surface area contributed by atoms with Crippen molar-refractivity contribution in [2.45, 2.75) is 20.4 Å². The van der Waals surface area contributed by atoms with E-state index in [2.05, 4.69) is 20.6 Å². The van der Waals surface area contributed by atoms with Crippen molar-refractivity contribution in [3.05, 3.63) is 71.2 Å². The van der Waals surface area contributed by atoms with E-state index in [1.165, 1.54) is 6.33 Å². The Labute approximate surface area is 162 Å². The summed E-state index contributed by atoms with van der Waals surface area (Å²) in [5, 5.41) is 6.14. The van der Waals surface area contributed by atoms with E-state index in [0.717, 1.165) is 22.4 Å². The molecule has 2 heterocycles. The zero-order valence-electron chi connectivity index (χ0n) is 15.7. The summed E-state index contributed by atoms with van der Waals surface area (Å²) in [5.74, 6) is 1.70. The Kier molecular flexibility index (Phi) is 4.80. The first-order valence-electron chi connectivity index (χ1n) is 8.92. The normalized spacial score (nSPS) is 11.9. The Morgan fingerprint density at radius 1 is 1.04 bits per heavy atom. The van der Waals surface area contributed by atoms with Crippen molar-refractivity contribution in [3.8, 4) is 11.5 Å². The second-order valence-corrected chi connectivity index (χ2v) is 6.55. The number of nitrogens with zero attached hydrogens (tertiary/aromatic N) is 2. The van der Waals surface area contributed by atoms with Crippen LogP contribution in [-0.2, 0) is 6.54 Å². The minimum Gasteiger partial charge on any atom is -0.454 e. The lowest BCUT2D eigenvalue weighted by molar-refractivity contribution is 0.0945. The molecule has 0 radical (unpaired) electrons. The highest BCUT2D eigenvalue weighted by Gasteiger charge is 2.14. The first kappa shape index (κ1) is 17.8. The molecule has 0 aliphatic carbocycles. The van der Waals surface area contributed by atoms with Crippen LogP contribution in [0.25, 0.3) is 0 Å². The van der Waals surface area contributed by atoms with Crippen molar-refractivity contribution >= 4 is 17.4 Å². The van der Waals surface area contributed by atoms with Gasteiger partial charge in [-0.15, -0.1) is 0 Å². The van der Waals surface area contributed by atoms with Crippen LogP contribution >= 0.6 is 0 Å². The molecule has 1 amide bonds. The molecule has 1 aliphatic heterocycles. The van der Waals surface area contributed by atoms with Crippen molar-refractivity contribution in [2.24, 2.45) is 0 Å². The van der Waals surface area contributed by atoms with E-state index < -0.39 is 0 Å². The van der Waals surface area contributed by atoms with Crippen LogP contribution in [0.2, 0.25) is 0 Å². The summed E-state index contributed by atoms with van der Waals surface area (Å²) in [6.45, 7) is 4.63. The third-order valence-corrected chi connectivity index (χ3v) is 4.52. The van der Waals surface area contributed by atoms with Gasteiger partial charge in [0.15, 0.2) is 11.5 Å². The fourth-order valence-corrected chi connectivity index (χ4v) is 3.01. The Hall–Kier alpha value is -3.61. The van der Waals surface area contributed by atoms with Gasteiger partial charge in [-0.3, -0.25) is 4.79 Å². The molecule has 1 aliphatic rings. The molecular weight excluding hydrogens is 356 g/mol. The van der Waals surface area contributed by atoms with E-state index in [4.69, 9.17) is 9.47 Å². The van der Waals surface area contributed by atoms with E-state index in [1.54, 1.807) is 6.07 Å². The predicted molar refractivity (Wildman–Crippen MR) is 105 cm³/mol. The first-order valence-corrected chi connectivity index (χ1v) is 8.92. The molecule has 0 atom stereocenters. The third kappa shape index (κ3) is 3.73. The predicted octanol–water partition coefficient (Wildman–Crippen LogP) is 3.50. The van der Waals surface area contributed by atoms with Crippen molar-refractivity contribution in [2.75, 3.05) is 12.1 Å². The van der Waals surface area contributed by atoms with E-state index >= 15 is 0 Å². The average molecular weight is 376 g/mol. The van der Waals surface area contributed by atoms with E-state index in [1.807, 2.05) is 50.2 Å². The van der Waals surface area contributed by atoms with Crippen LogP contribution in [0, 0.1) is 13.8 Å². The van der Waals surface area contributed by atoms with Gasteiger partial charge in [0.1, 0.15) is 17.8 Å². The van der Waals surface area contributed by atoms with Crippen LogP contribution in [0.4, 0.5) is 11.5 Å². The van der Waals surface area contributed by atoms with Crippen molar-refractivity contribution in [1.82, 2.24) is 15.3 Å². The van der Waals surface area contributed by atoms with Gasteiger partial charge >= 0.3 is 0 Å². The van der Waals surface area contributed by atoms with E-state index in [-0.39, 0.29) is 12.7 Å². The molecule has 0 fully saturated rings. The fraction of sp³-hybridized carbons (Fsp3) is 0.190. The van der Waals surface area contributed by atoms with E-state index in [0.29, 0.717) is 29.6 Å². The average Bonchev–Trinajstić information content (AvgIpc) is 3.17. The zero-order valence-corrected chi connectivity index (χ0v) is 15.7. The molecule has 7 heteroatoms. The maximum atomic E-state index is 12.5. The minimum absolute atomic E-state index is 0.224. The number of fused-ring (bicyclic) bond motifs is 1. The van der Waals surface area contributed by atoms with Gasteiger partial charge in [-0.05, 0) is 42.7 Å². The lowest BCUT2D eigenvalue weighted by Gasteiger charge is -2.12. The van der Waals surface area contributed by atoms with Crippen molar-refractivity contribution in [3.63, 3.8) is 0 Å². The maximum Gasteiger partial charge on any atom is 0.270 e. The number of para-hydroxylation sites is 1. The fourth-order valence-electron chi connectivity index (χ4n) is 3.01. The number of ether oxygens (including phenoxy) is 2. The summed E-state index contributed by atoms with van der Waals surface area (Å²) in [4.78, 5) is 20.8. The van der Waals surface area contributed by atoms with Crippen LogP contribution in [0.5, 0.6) is 11.5 Å². The molecular formula is C21H20N4O3. The topological polar surface area (TPSA) is 85.4 Å². The highest BCUT2D eigenvalue weighted by atomic mass is 16.7. The molecule has 28 heavy (non-hydrogen) atoms. The second kappa shape index (κ2) is 7.56. The van der Waals surface area contributed by atoms with Gasteiger partial charge < -0.3 is 20.1 Å². The van der Waals surface area contributed by atoms with Crippen molar-refractivity contribution < 1.29 is 14.3 Å². The van der Waals surface area contributed by atoms with Crippen LogP contribution < -0.4 is 20.1 Å². The van der Waals surface area contributed by atoms with Gasteiger partial charge in [-0.25, -0.2) is 9.97 Å². The van der Waals surface area contributed by atoms with Crippen LogP contribution in [-0.4, -0.2) is 22.7 Å². The number of aryl methyl sites for hydroxylation is 2. The summed E-state index contributed by atoms with van der Waals surface area (Å²) in [6.07, 6.45) is 1.38. The molecule has 3 aromatic rings. The van der Waals surface area contributed by atoms with Gasteiger partial charge in [-0.1, -0.05) is 24.3 Å². The Bertz CT molecular complexity index is 1020. The molecule has 7 nitrogen and oxygen atoms in total. The number of carbonyl (C=O) groups excluding carboxylic acids is 1. The summed E-state index contributed by atoms with van der Waals surface area (Å²) in [5.41, 5.74) is 4.40. The smallest absolute Gasteiger partial charge is 0.270 e. The highest BCUT2D eigenvalue weighted by molar-refractivity contribution is 5.93. The van der Waals surface area contributed by atoms with Gasteiger partial charge in [0.2, 0.25) is 6.79 Å². The Balaban J connectivity index is 1.44. The van der Waals surface area contributed by atoms with Gasteiger partial charge in [0.05, 0.1) is 0 Å². The molecule has 4 rings (SSSR count). The Morgan fingerprint density at radius 3 is 2.64 bits per heavy atom. The SMILES string of the molecule is Cc1cccc(C)c1Nc1cc(C(=O)NCc2ccc3c(c2)OCO3)ncn1. The second-order valence-electron chi connectivity index (χ2n) is 6.55. The quantitative estimate of drug-likeness (QED) is 0.709. The van der Waals surface area contributed by atoms with Crippen LogP contribution in [0.1, 0.15) is 27.2 Å². The summed E-state index contributed by atoms with van der Waals surface area (Å²) in [6, 6.07) is 13.3. The minimum atomic E-state index is -0.273. The number of amides is 1. The highest BCUT2D eigenvalue weighted by Crippen LogP contribution is 2.32. The molecule has 0 saturated heterocycles. The lowest BCUT2D eigenvalue weighted by atomic mass is 10.1. The lowest BCUT2D eigenvalue weighted by Crippen LogP contribution is -2.24. The maximum absolute atomic E-state index is 12.5. The summed E-state index contributed by atoms with van der Waals surface area (Å²) >= 11 is 0. The van der Waals surface area contributed by atoms with E-state index in [9.17, 15) is 4.79 Å². The standard InChI is InChI=1S/C21H20N4O3/c1-13-4-3-5-14(2)20(13)25-19-9-16(23-11-24-19)21(26)22-10-15-6-7-17-18(8-15)28-12-27-17/h3-9,11H,10,12H2,1-2H3,(H,22,26)(H,23,24,25). The number of benzene rings is 2. The molecule has 0 bridgehead atoms. The molecule has 1 aromatic heterocycles. The van der Waals surface area contributed by atoms with Gasteiger partial charge in [0, 0.05) is 18.3 Å². The number of hydrogen-bond acceptors (Lipinski definition) is 6. The number of hydrogen-bond donors (Lipinski definition) is 2. The molecule has 0 unspecified atom stereocenters.